The van der Waals surface area contributed by atoms with E-state index in [9.17, 15) is 4.79 Å². The highest BCUT2D eigenvalue weighted by Gasteiger charge is 2.28. The molecule has 0 saturated heterocycles. The lowest BCUT2D eigenvalue weighted by molar-refractivity contribution is -0.131. The number of nitrogens with one attached hydrogen (secondary N) is 1. The van der Waals surface area contributed by atoms with E-state index < -0.39 is 6.10 Å². The van der Waals surface area contributed by atoms with Crippen molar-refractivity contribution in [2.75, 3.05) is 6.61 Å². The van der Waals surface area contributed by atoms with Gasteiger partial charge in [-0.3, -0.25) is 4.79 Å². The zero-order chi connectivity index (χ0) is 13.8. The minimum atomic E-state index is -0.534. The van der Waals surface area contributed by atoms with Crippen LogP contribution in [0.3, 0.4) is 0 Å². The predicted molar refractivity (Wildman–Crippen MR) is 76.0 cm³/mol. The van der Waals surface area contributed by atoms with Crippen LogP contribution in [0.5, 0.6) is 11.5 Å². The van der Waals surface area contributed by atoms with E-state index in [0.717, 1.165) is 12.8 Å². The van der Waals surface area contributed by atoms with Crippen LogP contribution in [0.2, 0.25) is 0 Å². The van der Waals surface area contributed by atoms with Gasteiger partial charge in [0.2, 0.25) is 6.10 Å². The van der Waals surface area contributed by atoms with Crippen LogP contribution < -0.4 is 14.8 Å². The maximum Gasteiger partial charge on any atom is 0.264 e. The molecule has 1 aromatic rings. The highest BCUT2D eigenvalue weighted by Crippen LogP contribution is 2.31. The van der Waals surface area contributed by atoms with Crippen molar-refractivity contribution in [1.82, 2.24) is 5.32 Å². The summed E-state index contributed by atoms with van der Waals surface area (Å²) in [5.74, 6) is 1.32. The van der Waals surface area contributed by atoms with Gasteiger partial charge in [0.1, 0.15) is 6.61 Å². The van der Waals surface area contributed by atoms with Gasteiger partial charge in [0.25, 0.3) is 5.91 Å². The van der Waals surface area contributed by atoms with Crippen molar-refractivity contribution in [3.63, 3.8) is 0 Å². The molecule has 1 fully saturated rings. The van der Waals surface area contributed by atoms with Crippen molar-refractivity contribution < 1.29 is 14.3 Å². The number of rotatable bonds is 2. The predicted octanol–water partition coefficient (Wildman–Crippen LogP) is 2.67. The number of carbonyl (C=O) groups is 1. The number of ether oxygens (including phenoxy) is 2. The van der Waals surface area contributed by atoms with Crippen molar-refractivity contribution in [3.05, 3.63) is 24.3 Å². The third-order valence-electron chi connectivity index (χ3n) is 4.00. The van der Waals surface area contributed by atoms with Crippen molar-refractivity contribution in [2.45, 2.75) is 50.7 Å². The van der Waals surface area contributed by atoms with Gasteiger partial charge in [-0.2, -0.15) is 0 Å². The van der Waals surface area contributed by atoms with Gasteiger partial charge in [-0.05, 0) is 25.0 Å². The van der Waals surface area contributed by atoms with E-state index in [1.807, 2.05) is 24.3 Å². The van der Waals surface area contributed by atoms with E-state index in [-0.39, 0.29) is 12.5 Å². The van der Waals surface area contributed by atoms with Crippen molar-refractivity contribution in [3.8, 4) is 11.5 Å². The molecule has 0 spiro atoms. The van der Waals surface area contributed by atoms with Crippen LogP contribution in [0.1, 0.15) is 38.5 Å². The van der Waals surface area contributed by atoms with Crippen LogP contribution in [0.4, 0.5) is 0 Å². The largest absolute Gasteiger partial charge is 0.485 e. The maximum absolute atomic E-state index is 12.3. The molecule has 2 aliphatic rings. The molecule has 1 amide bonds. The first kappa shape index (κ1) is 13.3. The van der Waals surface area contributed by atoms with Crippen LogP contribution in [0.15, 0.2) is 24.3 Å². The van der Waals surface area contributed by atoms with E-state index in [0.29, 0.717) is 17.5 Å². The minimum Gasteiger partial charge on any atom is -0.485 e. The maximum atomic E-state index is 12.3. The number of fused-ring (bicyclic) bond motifs is 1. The molecule has 1 heterocycles. The Bertz CT molecular complexity index is 467. The first-order chi connectivity index (χ1) is 9.83. The third kappa shape index (κ3) is 3.06. The minimum absolute atomic E-state index is 0.0496. The van der Waals surface area contributed by atoms with Crippen molar-refractivity contribution >= 4 is 5.91 Å². The lowest BCUT2D eigenvalue weighted by Crippen LogP contribution is -2.47. The number of carbonyl (C=O) groups excluding carboxylic acids is 1. The monoisotopic (exact) mass is 275 g/mol. The van der Waals surface area contributed by atoms with E-state index in [1.54, 1.807) is 0 Å². The summed E-state index contributed by atoms with van der Waals surface area (Å²) < 4.78 is 11.3. The molecule has 1 N–H and O–H groups in total. The smallest absolute Gasteiger partial charge is 0.264 e. The molecular formula is C16H21NO3. The highest BCUT2D eigenvalue weighted by atomic mass is 16.6. The fourth-order valence-electron chi connectivity index (χ4n) is 2.87. The third-order valence-corrected chi connectivity index (χ3v) is 4.00. The number of para-hydroxylation sites is 2. The Labute approximate surface area is 119 Å². The van der Waals surface area contributed by atoms with Gasteiger partial charge in [0, 0.05) is 6.04 Å². The number of hydrogen-bond acceptors (Lipinski definition) is 3. The average Bonchev–Trinajstić information content (AvgIpc) is 2.75. The molecule has 0 aromatic heterocycles. The second kappa shape index (κ2) is 6.16. The quantitative estimate of drug-likeness (QED) is 0.844. The molecule has 1 aromatic carbocycles. The fraction of sp³-hybridized carbons (Fsp3) is 0.562. The fourth-order valence-corrected chi connectivity index (χ4v) is 2.87. The Morgan fingerprint density at radius 2 is 1.75 bits per heavy atom. The van der Waals surface area contributed by atoms with Crippen LogP contribution in [-0.2, 0) is 4.79 Å². The first-order valence-corrected chi connectivity index (χ1v) is 7.52. The summed E-state index contributed by atoms with van der Waals surface area (Å²) in [5.41, 5.74) is 0. The molecule has 1 aliphatic carbocycles. The second-order valence-electron chi connectivity index (χ2n) is 5.56. The zero-order valence-electron chi connectivity index (χ0n) is 11.6. The Kier molecular flexibility index (Phi) is 4.09. The second-order valence-corrected chi connectivity index (χ2v) is 5.56. The lowest BCUT2D eigenvalue weighted by atomic mass is 10.1. The van der Waals surface area contributed by atoms with Gasteiger partial charge < -0.3 is 14.8 Å². The Morgan fingerprint density at radius 1 is 1.05 bits per heavy atom. The Balaban J connectivity index is 1.58. The van der Waals surface area contributed by atoms with E-state index in [4.69, 9.17) is 9.47 Å². The average molecular weight is 275 g/mol. The van der Waals surface area contributed by atoms with E-state index in [1.165, 1.54) is 25.7 Å². The molecule has 3 rings (SSSR count). The molecule has 108 valence electrons. The van der Waals surface area contributed by atoms with Gasteiger partial charge in [-0.15, -0.1) is 0 Å². The number of amides is 1. The standard InChI is InChI=1S/C16H21NO3/c18-16(17-12-7-3-1-2-4-8-12)15-11-19-13-9-5-6-10-14(13)20-15/h5-6,9-10,12,15H,1-4,7-8,11H2,(H,17,18)/t15-/m1/s1. The van der Waals surface area contributed by atoms with E-state index in [2.05, 4.69) is 5.32 Å². The molecule has 4 nitrogen and oxygen atoms in total. The zero-order valence-corrected chi connectivity index (χ0v) is 11.6. The first-order valence-electron chi connectivity index (χ1n) is 7.52. The van der Waals surface area contributed by atoms with Gasteiger partial charge in [-0.1, -0.05) is 37.8 Å². The van der Waals surface area contributed by atoms with Gasteiger partial charge in [0.15, 0.2) is 11.5 Å². The highest BCUT2D eigenvalue weighted by molar-refractivity contribution is 5.82. The molecule has 1 aliphatic heterocycles. The van der Waals surface area contributed by atoms with Gasteiger partial charge in [-0.25, -0.2) is 0 Å². The lowest BCUT2D eigenvalue weighted by Gasteiger charge is -2.27. The summed E-state index contributed by atoms with van der Waals surface area (Å²) in [5, 5.41) is 3.12. The molecule has 20 heavy (non-hydrogen) atoms. The van der Waals surface area contributed by atoms with Crippen molar-refractivity contribution in [2.24, 2.45) is 0 Å². The molecule has 1 atom stereocenters. The van der Waals surface area contributed by atoms with Crippen LogP contribution in [0, 0.1) is 0 Å². The van der Waals surface area contributed by atoms with Gasteiger partial charge >= 0.3 is 0 Å². The molecule has 4 heteroatoms. The molecule has 0 bridgehead atoms. The summed E-state index contributed by atoms with van der Waals surface area (Å²) in [4.78, 5) is 12.3. The Morgan fingerprint density at radius 3 is 2.50 bits per heavy atom. The van der Waals surface area contributed by atoms with E-state index >= 15 is 0 Å². The molecule has 0 unspecified atom stereocenters. The normalized spacial score (nSPS) is 22.9. The van der Waals surface area contributed by atoms with Gasteiger partial charge in [0.05, 0.1) is 0 Å². The number of benzene rings is 1. The summed E-state index contributed by atoms with van der Waals surface area (Å²) in [6.07, 6.45) is 6.59. The SMILES string of the molecule is O=C(NC1CCCCCC1)[C@H]1COc2ccccc2O1. The summed E-state index contributed by atoms with van der Waals surface area (Å²) >= 11 is 0. The summed E-state index contributed by atoms with van der Waals surface area (Å²) in [6.45, 7) is 0.287. The molecule has 1 saturated carbocycles. The van der Waals surface area contributed by atoms with Crippen LogP contribution in [0.25, 0.3) is 0 Å². The molecule has 0 radical (unpaired) electrons. The van der Waals surface area contributed by atoms with Crippen LogP contribution >= 0.6 is 0 Å². The Hall–Kier alpha value is -1.71. The van der Waals surface area contributed by atoms with Crippen molar-refractivity contribution in [1.29, 1.82) is 0 Å². The topological polar surface area (TPSA) is 47.6 Å². The number of hydrogen-bond donors (Lipinski definition) is 1. The molecular weight excluding hydrogens is 254 g/mol. The summed E-state index contributed by atoms with van der Waals surface area (Å²) in [6, 6.07) is 7.77. The summed E-state index contributed by atoms with van der Waals surface area (Å²) in [7, 11) is 0. The van der Waals surface area contributed by atoms with Crippen LogP contribution in [-0.4, -0.2) is 24.7 Å².